The predicted molar refractivity (Wildman–Crippen MR) is 76.3 cm³/mol. The summed E-state index contributed by atoms with van der Waals surface area (Å²) in [6.07, 6.45) is 5.04. The van der Waals surface area contributed by atoms with Gasteiger partial charge in [-0.25, -0.2) is 0 Å². The van der Waals surface area contributed by atoms with Gasteiger partial charge in [-0.3, -0.25) is 0 Å². The molecule has 0 unspecified atom stereocenters. The van der Waals surface area contributed by atoms with E-state index in [0.717, 1.165) is 38.9 Å². The molecule has 0 aromatic rings. The van der Waals surface area contributed by atoms with Crippen LogP contribution in [0.5, 0.6) is 0 Å². The predicted octanol–water partition coefficient (Wildman–Crippen LogP) is 2.19. The fraction of sp³-hybridized carbons (Fsp3) is 0.923. The summed E-state index contributed by atoms with van der Waals surface area (Å²) < 4.78 is 5.37. The third-order valence-corrected chi connectivity index (χ3v) is 4.36. The molecule has 0 aromatic heterocycles. The second-order valence-corrected chi connectivity index (χ2v) is 6.07. The lowest BCUT2D eigenvalue weighted by Crippen LogP contribution is -2.38. The smallest absolute Gasteiger partial charge is 0.0784 e. The van der Waals surface area contributed by atoms with Crippen LogP contribution in [-0.2, 0) is 4.74 Å². The fourth-order valence-corrected chi connectivity index (χ4v) is 2.34. The standard InChI is InChI=1S/C13H26N2OS/c1-13(2,12(14)17)7-4-8-15-9-5-11(16-3)6-10-15/h11H,4-10H2,1-3H3,(H2,14,17). The van der Waals surface area contributed by atoms with Crippen LogP contribution in [0.4, 0.5) is 0 Å². The molecule has 0 spiro atoms. The Labute approximate surface area is 111 Å². The van der Waals surface area contributed by atoms with Crippen LogP contribution in [0, 0.1) is 5.41 Å². The first-order chi connectivity index (χ1) is 7.95. The molecule has 100 valence electrons. The van der Waals surface area contributed by atoms with Crippen molar-refractivity contribution >= 4 is 17.2 Å². The fourth-order valence-electron chi connectivity index (χ4n) is 2.24. The Bertz CT molecular complexity index is 248. The molecule has 4 heteroatoms. The van der Waals surface area contributed by atoms with E-state index in [-0.39, 0.29) is 5.41 Å². The van der Waals surface area contributed by atoms with Crippen LogP contribution in [0.3, 0.4) is 0 Å². The topological polar surface area (TPSA) is 38.5 Å². The van der Waals surface area contributed by atoms with Gasteiger partial charge in [0.25, 0.3) is 0 Å². The summed E-state index contributed by atoms with van der Waals surface area (Å²) in [5, 5.41) is 0. The van der Waals surface area contributed by atoms with Gasteiger partial charge in [-0.1, -0.05) is 26.1 Å². The van der Waals surface area contributed by atoms with Crippen LogP contribution in [0.15, 0.2) is 0 Å². The Morgan fingerprint density at radius 1 is 1.41 bits per heavy atom. The molecule has 17 heavy (non-hydrogen) atoms. The number of nitrogens with zero attached hydrogens (tertiary/aromatic N) is 1. The van der Waals surface area contributed by atoms with Crippen molar-refractivity contribution < 1.29 is 4.74 Å². The number of rotatable bonds is 6. The summed E-state index contributed by atoms with van der Waals surface area (Å²) in [6.45, 7) is 7.74. The molecule has 1 heterocycles. The van der Waals surface area contributed by atoms with E-state index >= 15 is 0 Å². The van der Waals surface area contributed by atoms with Gasteiger partial charge >= 0.3 is 0 Å². The molecule has 0 aromatic carbocycles. The molecule has 2 N–H and O–H groups in total. The molecule has 1 fully saturated rings. The normalized spacial score (nSPS) is 19.5. The minimum absolute atomic E-state index is 0.000184. The second-order valence-electron chi connectivity index (χ2n) is 5.63. The lowest BCUT2D eigenvalue weighted by Gasteiger charge is -2.32. The third-order valence-electron chi connectivity index (χ3n) is 3.81. The maximum absolute atomic E-state index is 5.73. The molecule has 3 nitrogen and oxygen atoms in total. The highest BCUT2D eigenvalue weighted by molar-refractivity contribution is 7.80. The zero-order valence-corrected chi connectivity index (χ0v) is 12.2. The number of hydrogen-bond donors (Lipinski definition) is 1. The van der Waals surface area contributed by atoms with E-state index in [1.165, 1.54) is 6.42 Å². The molecule has 1 saturated heterocycles. The highest BCUT2D eigenvalue weighted by Crippen LogP contribution is 2.23. The van der Waals surface area contributed by atoms with Crippen LogP contribution in [-0.4, -0.2) is 42.7 Å². The molecule has 0 aliphatic carbocycles. The number of thiocarbonyl (C=S) groups is 1. The summed E-state index contributed by atoms with van der Waals surface area (Å²) in [7, 11) is 1.81. The molecule has 0 saturated carbocycles. The van der Waals surface area contributed by atoms with E-state index in [0.29, 0.717) is 11.1 Å². The van der Waals surface area contributed by atoms with Crippen LogP contribution in [0.2, 0.25) is 0 Å². The van der Waals surface area contributed by atoms with E-state index < -0.39 is 0 Å². The quantitative estimate of drug-likeness (QED) is 0.741. The Balaban J connectivity index is 2.18. The lowest BCUT2D eigenvalue weighted by molar-refractivity contribution is 0.0403. The van der Waals surface area contributed by atoms with Gasteiger partial charge < -0.3 is 15.4 Å². The second kappa shape index (κ2) is 6.66. The first-order valence-electron chi connectivity index (χ1n) is 6.51. The van der Waals surface area contributed by atoms with Crippen molar-refractivity contribution in [2.24, 2.45) is 11.1 Å². The average molecular weight is 258 g/mol. The Hall–Kier alpha value is -0.190. The van der Waals surface area contributed by atoms with Gasteiger partial charge in [0.05, 0.1) is 11.1 Å². The SMILES string of the molecule is COC1CCN(CCCC(C)(C)C(N)=S)CC1. The number of nitrogens with two attached hydrogens (primary N) is 1. The molecule has 0 amide bonds. The Morgan fingerprint density at radius 3 is 2.47 bits per heavy atom. The van der Waals surface area contributed by atoms with Crippen LogP contribution >= 0.6 is 12.2 Å². The first-order valence-corrected chi connectivity index (χ1v) is 6.91. The number of methoxy groups -OCH3 is 1. The van der Waals surface area contributed by atoms with E-state index in [2.05, 4.69) is 18.7 Å². The summed E-state index contributed by atoms with van der Waals surface area (Å²) in [5.41, 5.74) is 5.73. The monoisotopic (exact) mass is 258 g/mol. The molecule has 0 atom stereocenters. The van der Waals surface area contributed by atoms with Gasteiger partial charge in [-0.15, -0.1) is 0 Å². The van der Waals surface area contributed by atoms with Crippen molar-refractivity contribution in [3.63, 3.8) is 0 Å². The lowest BCUT2D eigenvalue weighted by atomic mass is 9.88. The molecule has 1 aliphatic heterocycles. The Morgan fingerprint density at radius 2 is 2.00 bits per heavy atom. The number of hydrogen-bond acceptors (Lipinski definition) is 3. The number of likely N-dealkylation sites (tertiary alicyclic amines) is 1. The average Bonchev–Trinajstić information content (AvgIpc) is 2.29. The third kappa shape index (κ3) is 4.90. The Kier molecular flexibility index (Phi) is 5.83. The van der Waals surface area contributed by atoms with Crippen molar-refractivity contribution in [1.29, 1.82) is 0 Å². The zero-order chi connectivity index (χ0) is 12.9. The maximum Gasteiger partial charge on any atom is 0.0784 e. The van der Waals surface area contributed by atoms with Gasteiger partial charge in [-0.05, 0) is 32.2 Å². The van der Waals surface area contributed by atoms with Gasteiger partial charge in [0, 0.05) is 25.6 Å². The molecule has 1 aliphatic rings. The molecular formula is C13H26N2OS. The zero-order valence-electron chi connectivity index (χ0n) is 11.4. The van der Waals surface area contributed by atoms with E-state index in [1.807, 2.05) is 7.11 Å². The van der Waals surface area contributed by atoms with Crippen molar-refractivity contribution in [3.05, 3.63) is 0 Å². The van der Waals surface area contributed by atoms with Crippen LogP contribution in [0.1, 0.15) is 39.5 Å². The van der Waals surface area contributed by atoms with Gasteiger partial charge in [0.1, 0.15) is 0 Å². The minimum atomic E-state index is 0.000184. The van der Waals surface area contributed by atoms with Crippen LogP contribution < -0.4 is 5.73 Å². The van der Waals surface area contributed by atoms with E-state index in [4.69, 9.17) is 22.7 Å². The molecule has 1 rings (SSSR count). The highest BCUT2D eigenvalue weighted by atomic mass is 32.1. The van der Waals surface area contributed by atoms with Crippen molar-refractivity contribution in [1.82, 2.24) is 4.90 Å². The minimum Gasteiger partial charge on any atom is -0.393 e. The molecule has 0 bridgehead atoms. The number of piperidine rings is 1. The summed E-state index contributed by atoms with van der Waals surface area (Å²) in [4.78, 5) is 3.15. The number of ether oxygens (including phenoxy) is 1. The van der Waals surface area contributed by atoms with Crippen molar-refractivity contribution in [2.45, 2.75) is 45.6 Å². The molecule has 0 radical (unpaired) electrons. The largest absolute Gasteiger partial charge is 0.393 e. The van der Waals surface area contributed by atoms with E-state index in [1.54, 1.807) is 0 Å². The van der Waals surface area contributed by atoms with Gasteiger partial charge in [-0.2, -0.15) is 0 Å². The van der Waals surface area contributed by atoms with Crippen LogP contribution in [0.25, 0.3) is 0 Å². The van der Waals surface area contributed by atoms with Crippen molar-refractivity contribution in [3.8, 4) is 0 Å². The van der Waals surface area contributed by atoms with Gasteiger partial charge in [0.2, 0.25) is 0 Å². The molecular weight excluding hydrogens is 232 g/mol. The van der Waals surface area contributed by atoms with Crippen molar-refractivity contribution in [2.75, 3.05) is 26.7 Å². The first kappa shape index (κ1) is 14.9. The highest BCUT2D eigenvalue weighted by Gasteiger charge is 2.22. The summed E-state index contributed by atoms with van der Waals surface area (Å²) in [6, 6.07) is 0. The van der Waals surface area contributed by atoms with E-state index in [9.17, 15) is 0 Å². The summed E-state index contributed by atoms with van der Waals surface area (Å²) >= 11 is 5.08. The maximum atomic E-state index is 5.73. The van der Waals surface area contributed by atoms with Gasteiger partial charge in [0.15, 0.2) is 0 Å². The summed E-state index contributed by atoms with van der Waals surface area (Å²) in [5.74, 6) is 0.